The second kappa shape index (κ2) is 6.25. The number of ketones is 1. The molecule has 2 rings (SSSR count). The SMILES string of the molecule is CCCn1ccnc1CC(=O)c1ccccc1C(C)(C)C. The van der Waals surface area contributed by atoms with E-state index in [0.29, 0.717) is 6.42 Å². The number of imidazole rings is 1. The van der Waals surface area contributed by atoms with Crippen LogP contribution in [0.4, 0.5) is 0 Å². The van der Waals surface area contributed by atoms with Gasteiger partial charge in [0.25, 0.3) is 0 Å². The molecule has 0 N–H and O–H groups in total. The Balaban J connectivity index is 2.27. The Hall–Kier alpha value is -1.90. The summed E-state index contributed by atoms with van der Waals surface area (Å²) in [5.41, 5.74) is 1.88. The third-order valence-corrected chi connectivity index (χ3v) is 3.62. The molecule has 0 bridgehead atoms. The lowest BCUT2D eigenvalue weighted by Crippen LogP contribution is -2.19. The van der Waals surface area contributed by atoms with Crippen molar-refractivity contribution in [3.05, 3.63) is 53.6 Å². The Morgan fingerprint density at radius 3 is 2.62 bits per heavy atom. The van der Waals surface area contributed by atoms with Gasteiger partial charge in [-0.05, 0) is 17.4 Å². The van der Waals surface area contributed by atoms with Gasteiger partial charge in [0, 0.05) is 24.5 Å². The maximum Gasteiger partial charge on any atom is 0.170 e. The van der Waals surface area contributed by atoms with Gasteiger partial charge < -0.3 is 4.57 Å². The summed E-state index contributed by atoms with van der Waals surface area (Å²) in [6.45, 7) is 9.44. The molecular weight excluding hydrogens is 260 g/mol. The predicted molar refractivity (Wildman–Crippen MR) is 85.7 cm³/mol. The average Bonchev–Trinajstić information content (AvgIpc) is 2.85. The maximum absolute atomic E-state index is 12.7. The number of aryl methyl sites for hydroxylation is 1. The second-order valence-electron chi connectivity index (χ2n) is 6.43. The zero-order valence-corrected chi connectivity index (χ0v) is 13.4. The summed E-state index contributed by atoms with van der Waals surface area (Å²) in [5.74, 6) is 0.995. The van der Waals surface area contributed by atoms with Crippen molar-refractivity contribution in [2.24, 2.45) is 0 Å². The molecule has 0 atom stereocenters. The van der Waals surface area contributed by atoms with Gasteiger partial charge in [0.05, 0.1) is 6.42 Å². The Morgan fingerprint density at radius 1 is 1.24 bits per heavy atom. The number of benzene rings is 1. The summed E-state index contributed by atoms with van der Waals surface area (Å²) in [4.78, 5) is 17.0. The number of carbonyl (C=O) groups excluding carboxylic acids is 1. The molecule has 1 aromatic heterocycles. The minimum atomic E-state index is -0.0366. The van der Waals surface area contributed by atoms with Gasteiger partial charge in [-0.3, -0.25) is 4.79 Å². The van der Waals surface area contributed by atoms with Crippen molar-refractivity contribution in [1.82, 2.24) is 9.55 Å². The predicted octanol–water partition coefficient (Wildman–Crippen LogP) is 4.02. The number of Topliss-reactive ketones (excluding diaryl/α,β-unsaturated/α-hetero) is 1. The van der Waals surface area contributed by atoms with Crippen LogP contribution in [0.25, 0.3) is 0 Å². The molecule has 0 aliphatic carbocycles. The first-order valence-corrected chi connectivity index (χ1v) is 7.56. The highest BCUT2D eigenvalue weighted by Crippen LogP contribution is 2.26. The van der Waals surface area contributed by atoms with E-state index in [2.05, 4.69) is 37.2 Å². The minimum Gasteiger partial charge on any atom is -0.335 e. The van der Waals surface area contributed by atoms with Crippen LogP contribution in [0.5, 0.6) is 0 Å². The van der Waals surface area contributed by atoms with Crippen LogP contribution in [0.2, 0.25) is 0 Å². The summed E-state index contributed by atoms with van der Waals surface area (Å²) in [6, 6.07) is 7.90. The maximum atomic E-state index is 12.7. The number of rotatable bonds is 5. The lowest BCUT2D eigenvalue weighted by Gasteiger charge is -2.22. The fourth-order valence-electron chi connectivity index (χ4n) is 2.57. The van der Waals surface area contributed by atoms with Crippen molar-refractivity contribution in [1.29, 1.82) is 0 Å². The molecule has 3 heteroatoms. The van der Waals surface area contributed by atoms with E-state index in [1.165, 1.54) is 0 Å². The van der Waals surface area contributed by atoms with E-state index in [9.17, 15) is 4.79 Å². The van der Waals surface area contributed by atoms with Gasteiger partial charge in [0.1, 0.15) is 5.82 Å². The Morgan fingerprint density at radius 2 is 1.95 bits per heavy atom. The van der Waals surface area contributed by atoms with Gasteiger partial charge in [0.15, 0.2) is 5.78 Å². The van der Waals surface area contributed by atoms with E-state index in [4.69, 9.17) is 0 Å². The lowest BCUT2D eigenvalue weighted by molar-refractivity contribution is 0.0987. The van der Waals surface area contributed by atoms with Crippen molar-refractivity contribution in [2.75, 3.05) is 0 Å². The molecule has 3 nitrogen and oxygen atoms in total. The molecule has 2 aromatic rings. The van der Waals surface area contributed by atoms with Crippen molar-refractivity contribution >= 4 is 5.78 Å². The molecule has 0 aliphatic heterocycles. The monoisotopic (exact) mass is 284 g/mol. The van der Waals surface area contributed by atoms with Gasteiger partial charge in [-0.2, -0.15) is 0 Å². The molecule has 0 saturated heterocycles. The summed E-state index contributed by atoms with van der Waals surface area (Å²) in [6.07, 6.45) is 5.12. The van der Waals surface area contributed by atoms with Crippen LogP contribution < -0.4 is 0 Å². The number of hydrogen-bond donors (Lipinski definition) is 0. The summed E-state index contributed by atoms with van der Waals surface area (Å²) in [5, 5.41) is 0. The fourth-order valence-corrected chi connectivity index (χ4v) is 2.57. The van der Waals surface area contributed by atoms with Crippen molar-refractivity contribution in [2.45, 2.75) is 52.5 Å². The molecule has 0 saturated carbocycles. The van der Waals surface area contributed by atoms with Crippen molar-refractivity contribution < 1.29 is 4.79 Å². The highest BCUT2D eigenvalue weighted by Gasteiger charge is 2.22. The first-order valence-electron chi connectivity index (χ1n) is 7.56. The summed E-state index contributed by atoms with van der Waals surface area (Å²) < 4.78 is 2.07. The zero-order valence-electron chi connectivity index (χ0n) is 13.4. The molecule has 1 aromatic carbocycles. The van der Waals surface area contributed by atoms with Gasteiger partial charge in [-0.1, -0.05) is 52.0 Å². The largest absolute Gasteiger partial charge is 0.335 e. The van der Waals surface area contributed by atoms with Crippen LogP contribution in [-0.4, -0.2) is 15.3 Å². The van der Waals surface area contributed by atoms with Gasteiger partial charge >= 0.3 is 0 Å². The molecule has 0 aliphatic rings. The molecular formula is C18H24N2O. The molecule has 1 heterocycles. The molecule has 21 heavy (non-hydrogen) atoms. The standard InChI is InChI=1S/C18H24N2O/c1-5-11-20-12-10-19-17(20)13-16(21)14-8-6-7-9-15(14)18(2,3)4/h6-10,12H,5,11,13H2,1-4H3. The smallest absolute Gasteiger partial charge is 0.170 e. The van der Waals surface area contributed by atoms with E-state index in [-0.39, 0.29) is 11.2 Å². The Kier molecular flexibility index (Phi) is 4.61. The van der Waals surface area contributed by atoms with E-state index in [0.717, 1.165) is 29.9 Å². The van der Waals surface area contributed by atoms with E-state index >= 15 is 0 Å². The van der Waals surface area contributed by atoms with Gasteiger partial charge in [-0.15, -0.1) is 0 Å². The Bertz CT molecular complexity index is 620. The molecule has 0 fully saturated rings. The van der Waals surface area contributed by atoms with E-state index < -0.39 is 0 Å². The normalized spacial score (nSPS) is 11.6. The van der Waals surface area contributed by atoms with Crippen LogP contribution in [0.3, 0.4) is 0 Å². The first kappa shape index (κ1) is 15.5. The highest BCUT2D eigenvalue weighted by atomic mass is 16.1. The second-order valence-corrected chi connectivity index (χ2v) is 6.43. The molecule has 0 amide bonds. The van der Waals surface area contributed by atoms with Crippen LogP contribution in [0, 0.1) is 0 Å². The molecule has 0 spiro atoms. The third-order valence-electron chi connectivity index (χ3n) is 3.62. The number of carbonyl (C=O) groups is 1. The molecule has 0 radical (unpaired) electrons. The lowest BCUT2D eigenvalue weighted by atomic mass is 9.82. The zero-order chi connectivity index (χ0) is 15.5. The van der Waals surface area contributed by atoms with E-state index in [1.54, 1.807) is 6.20 Å². The third kappa shape index (κ3) is 3.60. The fraction of sp³-hybridized carbons (Fsp3) is 0.444. The summed E-state index contributed by atoms with van der Waals surface area (Å²) in [7, 11) is 0. The van der Waals surface area contributed by atoms with Crippen LogP contribution >= 0.6 is 0 Å². The van der Waals surface area contributed by atoms with Crippen LogP contribution in [-0.2, 0) is 18.4 Å². The van der Waals surface area contributed by atoms with E-state index in [1.807, 2.05) is 30.5 Å². The van der Waals surface area contributed by atoms with Crippen LogP contribution in [0.15, 0.2) is 36.7 Å². The van der Waals surface area contributed by atoms with Crippen molar-refractivity contribution in [3.63, 3.8) is 0 Å². The quantitative estimate of drug-likeness (QED) is 0.777. The number of hydrogen-bond acceptors (Lipinski definition) is 2. The number of nitrogens with zero attached hydrogens (tertiary/aromatic N) is 2. The molecule has 0 unspecified atom stereocenters. The van der Waals surface area contributed by atoms with Crippen LogP contribution in [0.1, 0.15) is 55.9 Å². The van der Waals surface area contributed by atoms with Gasteiger partial charge in [0.2, 0.25) is 0 Å². The topological polar surface area (TPSA) is 34.9 Å². The highest BCUT2D eigenvalue weighted by molar-refractivity contribution is 5.98. The molecule has 112 valence electrons. The first-order chi connectivity index (χ1) is 9.93. The minimum absolute atomic E-state index is 0.0366. The number of aromatic nitrogens is 2. The van der Waals surface area contributed by atoms with Gasteiger partial charge in [-0.25, -0.2) is 4.98 Å². The van der Waals surface area contributed by atoms with Crippen molar-refractivity contribution in [3.8, 4) is 0 Å². The summed E-state index contributed by atoms with van der Waals surface area (Å²) >= 11 is 0. The average molecular weight is 284 g/mol. The Labute approximate surface area is 127 Å².